The van der Waals surface area contributed by atoms with Crippen LogP contribution in [0.2, 0.25) is 0 Å². The molecule has 0 bridgehead atoms. The molecule has 116 valence electrons. The lowest BCUT2D eigenvalue weighted by molar-refractivity contribution is -0.144. The van der Waals surface area contributed by atoms with Gasteiger partial charge in [0.05, 0.1) is 12.7 Å². The smallest absolute Gasteiger partial charge is 0.251 e. The summed E-state index contributed by atoms with van der Waals surface area (Å²) in [4.78, 5) is 14.7. The lowest BCUT2D eigenvalue weighted by Gasteiger charge is -2.27. The molecule has 2 N–H and O–H groups in total. The molecule has 2 aliphatic heterocycles. The Labute approximate surface area is 126 Å². The number of nitrogens with two attached hydrogens (primary N) is 1. The third kappa shape index (κ3) is 3.64. The molecular weight excluding hydrogens is 280 g/mol. The van der Waals surface area contributed by atoms with Crippen molar-refractivity contribution in [2.24, 2.45) is 11.7 Å². The Morgan fingerprint density at radius 1 is 1.20 bits per heavy atom. The van der Waals surface area contributed by atoms with Crippen molar-refractivity contribution in [3.63, 3.8) is 0 Å². The standard InChI is InChI=1S/C14H24N2O3.ClH/c15-7-12-3-4-13(19-12)14(17)16(11-1-2-11)8-10-5-6-18-9-10;/h10-13H,1-9,15H2;1H/t10?,12-,13+;/m1./s1. The second-order valence-electron chi connectivity index (χ2n) is 6.01. The number of nitrogens with zero attached hydrogens (tertiary/aromatic N) is 1. The van der Waals surface area contributed by atoms with Gasteiger partial charge < -0.3 is 20.1 Å². The molecule has 1 aliphatic carbocycles. The number of carbonyl (C=O) groups excluding carboxylic acids is 1. The minimum atomic E-state index is -0.253. The van der Waals surface area contributed by atoms with E-state index in [4.69, 9.17) is 15.2 Å². The van der Waals surface area contributed by atoms with Crippen molar-refractivity contribution in [3.05, 3.63) is 0 Å². The molecule has 0 radical (unpaired) electrons. The highest BCUT2D eigenvalue weighted by Crippen LogP contribution is 2.31. The van der Waals surface area contributed by atoms with Crippen molar-refractivity contribution in [3.8, 4) is 0 Å². The molecule has 2 heterocycles. The van der Waals surface area contributed by atoms with Gasteiger partial charge in [-0.05, 0) is 32.1 Å². The summed E-state index contributed by atoms with van der Waals surface area (Å²) in [6, 6.07) is 0.452. The lowest BCUT2D eigenvalue weighted by Crippen LogP contribution is -2.43. The maximum Gasteiger partial charge on any atom is 0.251 e. The van der Waals surface area contributed by atoms with Crippen molar-refractivity contribution in [1.82, 2.24) is 4.90 Å². The van der Waals surface area contributed by atoms with Crippen LogP contribution >= 0.6 is 12.4 Å². The molecule has 1 saturated carbocycles. The summed E-state index contributed by atoms with van der Waals surface area (Å²) in [5.74, 6) is 0.696. The molecule has 3 aliphatic rings. The number of ether oxygens (including phenoxy) is 2. The minimum Gasteiger partial charge on any atom is -0.381 e. The molecule has 20 heavy (non-hydrogen) atoms. The van der Waals surface area contributed by atoms with Crippen LogP contribution in [-0.4, -0.2) is 55.4 Å². The second-order valence-corrected chi connectivity index (χ2v) is 6.01. The fourth-order valence-electron chi connectivity index (χ4n) is 3.06. The van der Waals surface area contributed by atoms with E-state index in [-0.39, 0.29) is 30.5 Å². The van der Waals surface area contributed by atoms with Crippen LogP contribution < -0.4 is 5.73 Å². The Bertz CT molecular complexity index is 332. The van der Waals surface area contributed by atoms with E-state index in [2.05, 4.69) is 4.90 Å². The van der Waals surface area contributed by atoms with E-state index >= 15 is 0 Å². The zero-order valence-corrected chi connectivity index (χ0v) is 12.6. The van der Waals surface area contributed by atoms with Gasteiger partial charge in [0.15, 0.2) is 0 Å². The van der Waals surface area contributed by atoms with Gasteiger partial charge in [0.2, 0.25) is 0 Å². The maximum absolute atomic E-state index is 12.6. The highest BCUT2D eigenvalue weighted by atomic mass is 35.5. The number of hydrogen-bond donors (Lipinski definition) is 1. The lowest BCUT2D eigenvalue weighted by atomic mass is 10.1. The largest absolute Gasteiger partial charge is 0.381 e. The summed E-state index contributed by atoms with van der Waals surface area (Å²) in [5.41, 5.74) is 5.61. The van der Waals surface area contributed by atoms with Crippen molar-refractivity contribution >= 4 is 18.3 Å². The Balaban J connectivity index is 0.00000147. The fourth-order valence-corrected chi connectivity index (χ4v) is 3.06. The zero-order chi connectivity index (χ0) is 13.2. The molecule has 3 rings (SSSR count). The Kier molecular flexibility index (Phi) is 5.66. The molecule has 1 unspecified atom stereocenters. The first-order chi connectivity index (χ1) is 9.28. The maximum atomic E-state index is 12.6. The molecule has 0 aromatic rings. The third-order valence-electron chi connectivity index (χ3n) is 4.40. The SMILES string of the molecule is Cl.NC[C@H]1CC[C@@H](C(=O)N(CC2CCOC2)C2CC2)O1. The molecule has 5 nitrogen and oxygen atoms in total. The van der Waals surface area contributed by atoms with Gasteiger partial charge in [-0.1, -0.05) is 0 Å². The summed E-state index contributed by atoms with van der Waals surface area (Å²) < 4.78 is 11.2. The summed E-state index contributed by atoms with van der Waals surface area (Å²) in [5, 5.41) is 0. The van der Waals surface area contributed by atoms with Crippen LogP contribution in [0.25, 0.3) is 0 Å². The van der Waals surface area contributed by atoms with Crippen molar-refractivity contribution in [1.29, 1.82) is 0 Å². The zero-order valence-electron chi connectivity index (χ0n) is 11.8. The van der Waals surface area contributed by atoms with E-state index < -0.39 is 0 Å². The van der Waals surface area contributed by atoms with Crippen molar-refractivity contribution < 1.29 is 14.3 Å². The topological polar surface area (TPSA) is 64.8 Å². The Hall–Kier alpha value is -0.360. The van der Waals surface area contributed by atoms with E-state index in [0.717, 1.165) is 51.9 Å². The molecule has 2 saturated heterocycles. The van der Waals surface area contributed by atoms with Crippen molar-refractivity contribution in [2.45, 2.75) is 50.4 Å². The van der Waals surface area contributed by atoms with Crippen LogP contribution in [0.3, 0.4) is 0 Å². The number of amides is 1. The third-order valence-corrected chi connectivity index (χ3v) is 4.40. The highest BCUT2D eigenvalue weighted by Gasteiger charge is 2.40. The van der Waals surface area contributed by atoms with Gasteiger partial charge in [-0.25, -0.2) is 0 Å². The van der Waals surface area contributed by atoms with Crippen LogP contribution in [-0.2, 0) is 14.3 Å². The predicted octanol–water partition coefficient (Wildman–Crippen LogP) is 0.942. The van der Waals surface area contributed by atoms with Crippen LogP contribution in [0.1, 0.15) is 32.1 Å². The number of hydrogen-bond acceptors (Lipinski definition) is 4. The van der Waals surface area contributed by atoms with Crippen LogP contribution in [0.5, 0.6) is 0 Å². The molecule has 1 amide bonds. The van der Waals surface area contributed by atoms with Gasteiger partial charge >= 0.3 is 0 Å². The Morgan fingerprint density at radius 2 is 2.00 bits per heavy atom. The molecule has 3 fully saturated rings. The van der Waals surface area contributed by atoms with E-state index in [1.165, 1.54) is 0 Å². The molecule has 0 spiro atoms. The monoisotopic (exact) mass is 304 g/mol. The quantitative estimate of drug-likeness (QED) is 0.821. The summed E-state index contributed by atoms with van der Waals surface area (Å²) >= 11 is 0. The molecular formula is C14H25ClN2O3. The van der Waals surface area contributed by atoms with Gasteiger partial charge in [0.1, 0.15) is 6.10 Å². The van der Waals surface area contributed by atoms with Crippen LogP contribution in [0.15, 0.2) is 0 Å². The first kappa shape index (κ1) is 16.0. The average molecular weight is 305 g/mol. The van der Waals surface area contributed by atoms with E-state index in [1.54, 1.807) is 0 Å². The summed E-state index contributed by atoms with van der Waals surface area (Å²) in [6.07, 6.45) is 4.93. The fraction of sp³-hybridized carbons (Fsp3) is 0.929. The van der Waals surface area contributed by atoms with Gasteiger partial charge in [0.25, 0.3) is 5.91 Å². The van der Waals surface area contributed by atoms with Crippen molar-refractivity contribution in [2.75, 3.05) is 26.3 Å². The summed E-state index contributed by atoms with van der Waals surface area (Å²) in [6.45, 7) is 3.00. The van der Waals surface area contributed by atoms with Gasteiger partial charge in [-0.15, -0.1) is 12.4 Å². The first-order valence-electron chi connectivity index (χ1n) is 7.51. The normalized spacial score (nSPS) is 33.0. The van der Waals surface area contributed by atoms with Gasteiger partial charge in [-0.3, -0.25) is 4.79 Å². The van der Waals surface area contributed by atoms with E-state index in [1.807, 2.05) is 0 Å². The Morgan fingerprint density at radius 3 is 2.55 bits per heavy atom. The van der Waals surface area contributed by atoms with Gasteiger partial charge in [-0.2, -0.15) is 0 Å². The molecule has 0 aromatic carbocycles. The highest BCUT2D eigenvalue weighted by molar-refractivity contribution is 5.85. The molecule has 6 heteroatoms. The molecule has 3 atom stereocenters. The first-order valence-corrected chi connectivity index (χ1v) is 7.51. The van der Waals surface area contributed by atoms with Crippen LogP contribution in [0, 0.1) is 5.92 Å². The van der Waals surface area contributed by atoms with Gasteiger partial charge in [0, 0.05) is 31.7 Å². The number of rotatable bonds is 5. The predicted molar refractivity (Wildman–Crippen MR) is 77.9 cm³/mol. The average Bonchev–Trinajstić information content (AvgIpc) is 2.95. The van der Waals surface area contributed by atoms with E-state index in [9.17, 15) is 4.79 Å². The number of halogens is 1. The number of carbonyl (C=O) groups is 1. The summed E-state index contributed by atoms with van der Waals surface area (Å²) in [7, 11) is 0. The minimum absolute atomic E-state index is 0. The van der Waals surface area contributed by atoms with Crippen LogP contribution in [0.4, 0.5) is 0 Å². The second kappa shape index (κ2) is 7.07. The molecule has 0 aromatic heterocycles. The van der Waals surface area contributed by atoms with E-state index in [0.29, 0.717) is 18.5 Å².